The second-order valence-corrected chi connectivity index (χ2v) is 12.5. The molecule has 3 aromatic rings. The molecule has 3 N–H and O–H groups in total. The number of hydrazone groups is 1. The molecule has 10 nitrogen and oxygen atoms in total. The summed E-state index contributed by atoms with van der Waals surface area (Å²) in [5.74, 6) is -6.34. The number of halogens is 4. The van der Waals surface area contributed by atoms with E-state index in [1.54, 1.807) is 31.3 Å². The van der Waals surface area contributed by atoms with Gasteiger partial charge in [0.05, 0.1) is 28.0 Å². The molecule has 0 aromatic heterocycles. The molecule has 1 aliphatic heterocycles. The highest BCUT2D eigenvalue weighted by Crippen LogP contribution is 2.43. The topological polar surface area (TPSA) is 137 Å². The second-order valence-electron chi connectivity index (χ2n) is 10.8. The maximum atomic E-state index is 14.4. The molecule has 15 heteroatoms. The number of carbonyl (C=O) groups excluding carboxylic acids is 1. The number of alkyl halides is 3. The lowest BCUT2D eigenvalue weighted by atomic mass is 9.69. The van der Waals surface area contributed by atoms with Crippen molar-refractivity contribution in [2.45, 2.75) is 42.5 Å². The van der Waals surface area contributed by atoms with E-state index in [0.717, 1.165) is 6.07 Å². The summed E-state index contributed by atoms with van der Waals surface area (Å²) < 4.78 is 87.3. The Bertz CT molecular complexity index is 1730. The van der Waals surface area contributed by atoms with Gasteiger partial charge in [-0.3, -0.25) is 19.3 Å². The van der Waals surface area contributed by atoms with E-state index in [9.17, 15) is 40.7 Å². The predicted molar refractivity (Wildman–Crippen MR) is 155 cm³/mol. The Morgan fingerprint density at radius 1 is 1.02 bits per heavy atom. The Hall–Kier alpha value is -4.66. The lowest BCUT2D eigenvalue weighted by Gasteiger charge is -2.35. The van der Waals surface area contributed by atoms with Crippen LogP contribution in [-0.2, 0) is 30.5 Å². The lowest BCUT2D eigenvalue weighted by Crippen LogP contribution is -2.40. The van der Waals surface area contributed by atoms with Gasteiger partial charge < -0.3 is 15.2 Å². The fraction of sp³-hybridized carbons (Fsp3) is 0.300. The van der Waals surface area contributed by atoms with Crippen LogP contribution >= 0.6 is 0 Å². The summed E-state index contributed by atoms with van der Waals surface area (Å²) in [5.41, 5.74) is -0.370. The number of aliphatic carboxylic acids is 1. The van der Waals surface area contributed by atoms with Gasteiger partial charge in [-0.15, -0.1) is 5.10 Å². The van der Waals surface area contributed by atoms with Gasteiger partial charge in [-0.2, -0.15) is 13.2 Å². The van der Waals surface area contributed by atoms with E-state index in [-0.39, 0.29) is 23.1 Å². The Morgan fingerprint density at radius 2 is 1.76 bits per heavy atom. The van der Waals surface area contributed by atoms with Crippen LogP contribution in [-0.4, -0.2) is 43.9 Å². The molecular weight excluding hydrogens is 620 g/mol. The van der Waals surface area contributed by atoms with Crippen molar-refractivity contribution in [2.24, 2.45) is 16.9 Å². The number of ether oxygens (including phenoxy) is 1. The number of rotatable bonds is 8. The van der Waals surface area contributed by atoms with Gasteiger partial charge in [0.2, 0.25) is 12.1 Å². The third-order valence-corrected chi connectivity index (χ3v) is 9.26. The molecule has 1 heterocycles. The normalized spacial score (nSPS) is 21.7. The number of amides is 1. The van der Waals surface area contributed by atoms with Crippen molar-refractivity contribution in [3.8, 4) is 0 Å². The minimum Gasteiger partial charge on any atom is -0.481 e. The van der Waals surface area contributed by atoms with Gasteiger partial charge in [-0.05, 0) is 66.8 Å². The largest absolute Gasteiger partial charge is 0.481 e. The van der Waals surface area contributed by atoms with E-state index in [2.05, 4.69) is 15.1 Å². The Morgan fingerprint density at radius 3 is 2.38 bits per heavy atom. The van der Waals surface area contributed by atoms with Crippen LogP contribution in [0.5, 0.6) is 0 Å². The minimum absolute atomic E-state index is 0.00969. The molecule has 0 saturated heterocycles. The molecule has 5 rings (SSSR count). The van der Waals surface area contributed by atoms with Gasteiger partial charge in [0.1, 0.15) is 5.82 Å². The van der Waals surface area contributed by atoms with E-state index >= 15 is 0 Å². The van der Waals surface area contributed by atoms with Crippen molar-refractivity contribution in [2.75, 3.05) is 17.1 Å². The molecule has 238 valence electrons. The SMILES string of the molecule is CN1N=COC1c1cccc(S(=O)(=O)Nc2ccc([C@H]3CCC[C@@H](C(=O)Nc4ccc(C(F)(F)F)cc4F)[C@@H]3C(=O)O)cc2)c1. The van der Waals surface area contributed by atoms with Gasteiger partial charge in [-0.1, -0.05) is 30.7 Å². The van der Waals surface area contributed by atoms with Crippen molar-refractivity contribution in [1.29, 1.82) is 0 Å². The quantitative estimate of drug-likeness (QED) is 0.264. The van der Waals surface area contributed by atoms with E-state index in [4.69, 9.17) is 4.74 Å². The molecule has 0 bridgehead atoms. The lowest BCUT2D eigenvalue weighted by molar-refractivity contribution is -0.148. The molecule has 0 spiro atoms. The summed E-state index contributed by atoms with van der Waals surface area (Å²) in [6.45, 7) is 0. The van der Waals surface area contributed by atoms with Gasteiger partial charge in [0.25, 0.3) is 10.0 Å². The number of hydrogen-bond acceptors (Lipinski definition) is 7. The van der Waals surface area contributed by atoms with Crippen LogP contribution in [0.3, 0.4) is 0 Å². The van der Waals surface area contributed by atoms with Gasteiger partial charge in [0.15, 0.2) is 6.40 Å². The number of anilines is 2. The highest BCUT2D eigenvalue weighted by molar-refractivity contribution is 7.92. The highest BCUT2D eigenvalue weighted by Gasteiger charge is 2.43. The Labute approximate surface area is 255 Å². The molecule has 2 aliphatic rings. The first-order valence-electron chi connectivity index (χ1n) is 13.8. The Balaban J connectivity index is 1.30. The van der Waals surface area contributed by atoms with Crippen LogP contribution in [0.2, 0.25) is 0 Å². The molecule has 45 heavy (non-hydrogen) atoms. The fourth-order valence-electron chi connectivity index (χ4n) is 5.68. The zero-order valence-corrected chi connectivity index (χ0v) is 24.5. The minimum atomic E-state index is -4.77. The first kappa shape index (κ1) is 31.8. The summed E-state index contributed by atoms with van der Waals surface area (Å²) in [7, 11) is -2.33. The maximum absolute atomic E-state index is 14.4. The van der Waals surface area contributed by atoms with Gasteiger partial charge >= 0.3 is 12.1 Å². The molecule has 1 aliphatic carbocycles. The van der Waals surface area contributed by atoms with Crippen molar-refractivity contribution >= 4 is 39.7 Å². The molecule has 4 atom stereocenters. The maximum Gasteiger partial charge on any atom is 0.416 e. The van der Waals surface area contributed by atoms with Crippen LogP contribution < -0.4 is 10.0 Å². The van der Waals surface area contributed by atoms with Crippen molar-refractivity contribution in [1.82, 2.24) is 5.01 Å². The monoisotopic (exact) mass is 648 g/mol. The van der Waals surface area contributed by atoms with Crippen molar-refractivity contribution in [3.63, 3.8) is 0 Å². The average molecular weight is 649 g/mol. The van der Waals surface area contributed by atoms with E-state index in [1.807, 2.05) is 0 Å². The zero-order chi connectivity index (χ0) is 32.5. The third-order valence-electron chi connectivity index (χ3n) is 7.88. The van der Waals surface area contributed by atoms with E-state index < -0.39 is 69.1 Å². The van der Waals surface area contributed by atoms with Gasteiger partial charge in [-0.25, -0.2) is 12.8 Å². The van der Waals surface area contributed by atoms with E-state index in [0.29, 0.717) is 30.0 Å². The molecule has 1 unspecified atom stereocenters. The van der Waals surface area contributed by atoms with Gasteiger partial charge in [0, 0.05) is 18.3 Å². The molecule has 1 fully saturated rings. The zero-order valence-electron chi connectivity index (χ0n) is 23.7. The van der Waals surface area contributed by atoms with Crippen LogP contribution in [0.15, 0.2) is 76.7 Å². The summed E-state index contributed by atoms with van der Waals surface area (Å²) in [5, 5.41) is 17.9. The van der Waals surface area contributed by atoms with Crippen molar-refractivity contribution in [3.05, 3.63) is 89.2 Å². The molecule has 1 saturated carbocycles. The molecular formula is C30H28F4N4O6S. The number of nitrogens with one attached hydrogen (secondary N) is 2. The number of benzene rings is 3. The summed E-state index contributed by atoms with van der Waals surface area (Å²) in [6, 6.07) is 14.0. The summed E-state index contributed by atoms with van der Waals surface area (Å²) in [6.07, 6.45) is -3.04. The number of carbonyl (C=O) groups is 2. The second kappa shape index (κ2) is 12.4. The van der Waals surface area contributed by atoms with Crippen molar-refractivity contribution < 1.29 is 45.4 Å². The first-order valence-corrected chi connectivity index (χ1v) is 15.3. The van der Waals surface area contributed by atoms with Crippen LogP contribution in [0.25, 0.3) is 0 Å². The van der Waals surface area contributed by atoms with E-state index in [1.165, 1.54) is 35.7 Å². The number of hydrogen-bond donors (Lipinski definition) is 3. The molecule has 3 aromatic carbocycles. The molecule has 0 radical (unpaired) electrons. The fourth-order valence-corrected chi connectivity index (χ4v) is 6.79. The third kappa shape index (κ3) is 6.87. The number of sulfonamides is 1. The highest BCUT2D eigenvalue weighted by atomic mass is 32.2. The summed E-state index contributed by atoms with van der Waals surface area (Å²) in [4.78, 5) is 25.5. The number of carboxylic acid groups (broad SMARTS) is 1. The number of nitrogens with zero attached hydrogens (tertiary/aromatic N) is 2. The predicted octanol–water partition coefficient (Wildman–Crippen LogP) is 5.77. The standard InChI is InChI=1S/C30H28F4N4O6S/c1-38-28(44-16-35-38)18-4-2-5-21(14-18)45(42,43)37-20-11-8-17(9-12-20)22-6-3-7-23(26(22)29(40)41)27(39)36-25-13-10-19(15-24(25)31)30(32,33)34/h2,4-5,8-16,22-23,26,28,37H,3,6-7H2,1H3,(H,36,39)(H,40,41)/t22-,23-,26-,28?/m1/s1. The smallest absolute Gasteiger partial charge is 0.416 e. The van der Waals surface area contributed by atoms with Crippen LogP contribution in [0, 0.1) is 17.7 Å². The van der Waals surface area contributed by atoms with Crippen LogP contribution in [0.1, 0.15) is 48.1 Å². The molecule has 1 amide bonds. The summed E-state index contributed by atoms with van der Waals surface area (Å²) >= 11 is 0. The Kier molecular flexibility index (Phi) is 8.74. The average Bonchev–Trinajstić information content (AvgIpc) is 3.43. The first-order chi connectivity index (χ1) is 21.2. The van der Waals surface area contributed by atoms with Crippen LogP contribution in [0.4, 0.5) is 28.9 Å². The number of carboxylic acids is 1.